The molecule has 144 valence electrons. The zero-order chi connectivity index (χ0) is 20.0. The molecule has 2 amide bonds. The monoisotopic (exact) mass is 402 g/mol. The molecule has 1 aliphatic heterocycles. The zero-order valence-electron chi connectivity index (χ0n) is 13.8. The van der Waals surface area contributed by atoms with Crippen molar-refractivity contribution < 1.29 is 32.3 Å². The highest BCUT2D eigenvalue weighted by atomic mass is 32.1. The number of carbonyl (C=O) groups is 2. The first-order valence-corrected chi connectivity index (χ1v) is 8.62. The Morgan fingerprint density at radius 3 is 2.56 bits per heavy atom. The number of nitrogens with one attached hydrogen (secondary N) is 1. The average molecular weight is 402 g/mol. The lowest BCUT2D eigenvalue weighted by atomic mass is 9.78. The van der Waals surface area contributed by atoms with E-state index in [1.807, 2.05) is 0 Å². The Morgan fingerprint density at radius 2 is 2.00 bits per heavy atom. The lowest BCUT2D eigenvalue weighted by molar-refractivity contribution is -0.322. The number of rotatable bonds is 3. The van der Waals surface area contributed by atoms with E-state index in [0.717, 1.165) is 30.5 Å². The van der Waals surface area contributed by atoms with E-state index in [0.29, 0.717) is 0 Å². The van der Waals surface area contributed by atoms with Gasteiger partial charge in [-0.15, -0.1) is 11.3 Å². The fourth-order valence-electron chi connectivity index (χ4n) is 3.16. The van der Waals surface area contributed by atoms with Crippen LogP contribution >= 0.6 is 11.3 Å². The minimum atomic E-state index is -5.33. The summed E-state index contributed by atoms with van der Waals surface area (Å²) in [6.45, 7) is 0. The van der Waals surface area contributed by atoms with Crippen LogP contribution in [0.3, 0.4) is 0 Å². The summed E-state index contributed by atoms with van der Waals surface area (Å²) in [5, 5.41) is 14.4. The summed E-state index contributed by atoms with van der Waals surface area (Å²) < 4.78 is 55.3. The molecule has 1 aromatic carbocycles. The zero-order valence-corrected chi connectivity index (χ0v) is 14.6. The van der Waals surface area contributed by atoms with Crippen LogP contribution in [-0.2, 0) is 0 Å². The molecular formula is C17H14F4N2O3S. The molecule has 2 N–H and O–H groups in total. The molecule has 0 spiro atoms. The first-order valence-electron chi connectivity index (χ1n) is 7.74. The molecule has 1 fully saturated rings. The maximum Gasteiger partial charge on any atom is 0.437 e. The van der Waals surface area contributed by atoms with Crippen LogP contribution in [-0.4, -0.2) is 40.8 Å². The molecular weight excluding hydrogens is 388 g/mol. The second-order valence-corrected chi connectivity index (χ2v) is 7.03. The molecule has 0 unspecified atom stereocenters. The molecule has 0 radical (unpaired) electrons. The van der Waals surface area contributed by atoms with Crippen molar-refractivity contribution in [3.63, 3.8) is 0 Å². The molecule has 0 aliphatic carbocycles. The van der Waals surface area contributed by atoms with Gasteiger partial charge in [-0.3, -0.25) is 9.69 Å². The molecule has 0 bridgehead atoms. The molecule has 10 heteroatoms. The molecule has 27 heavy (non-hydrogen) atoms. The van der Waals surface area contributed by atoms with Gasteiger partial charge in [0.15, 0.2) is 5.78 Å². The number of hydrogen-bond acceptors (Lipinski definition) is 4. The Kier molecular flexibility index (Phi) is 4.73. The van der Waals surface area contributed by atoms with Crippen molar-refractivity contribution in [2.75, 3.05) is 7.05 Å². The van der Waals surface area contributed by atoms with Crippen LogP contribution in [0.25, 0.3) is 0 Å². The van der Waals surface area contributed by atoms with Crippen molar-refractivity contribution in [3.05, 3.63) is 58.0 Å². The van der Waals surface area contributed by atoms with Crippen LogP contribution in [0.2, 0.25) is 0 Å². The van der Waals surface area contributed by atoms with E-state index in [-0.39, 0.29) is 15.3 Å². The maximum absolute atomic E-state index is 13.9. The number of benzene rings is 1. The summed E-state index contributed by atoms with van der Waals surface area (Å²) in [6, 6.07) is 4.51. The topological polar surface area (TPSA) is 69.6 Å². The van der Waals surface area contributed by atoms with E-state index in [1.54, 1.807) is 0 Å². The predicted molar refractivity (Wildman–Crippen MR) is 88.6 cm³/mol. The molecule has 0 saturated carbocycles. The van der Waals surface area contributed by atoms with Crippen molar-refractivity contribution in [1.29, 1.82) is 0 Å². The van der Waals surface area contributed by atoms with Gasteiger partial charge in [0.05, 0.1) is 10.9 Å². The van der Waals surface area contributed by atoms with Crippen molar-refractivity contribution in [3.8, 4) is 0 Å². The van der Waals surface area contributed by atoms with Crippen LogP contribution in [0.5, 0.6) is 0 Å². The third-order valence-electron chi connectivity index (χ3n) is 4.53. The summed E-state index contributed by atoms with van der Waals surface area (Å²) in [7, 11) is 0.749. The second-order valence-electron chi connectivity index (χ2n) is 6.08. The Bertz CT molecular complexity index is 871. The molecule has 2 heterocycles. The third kappa shape index (κ3) is 3.08. The van der Waals surface area contributed by atoms with Crippen molar-refractivity contribution in [1.82, 2.24) is 10.2 Å². The highest BCUT2D eigenvalue weighted by Gasteiger charge is 2.69. The average Bonchev–Trinajstić information content (AvgIpc) is 3.12. The molecule has 2 aromatic rings. The number of aliphatic hydroxyl groups is 1. The largest absolute Gasteiger partial charge is 0.437 e. The Morgan fingerprint density at radius 1 is 1.30 bits per heavy atom. The summed E-state index contributed by atoms with van der Waals surface area (Å²) >= 11 is 0.905. The quantitative estimate of drug-likeness (QED) is 0.611. The molecule has 1 saturated heterocycles. The van der Waals surface area contributed by atoms with Crippen LogP contribution in [0, 0.1) is 11.7 Å². The second kappa shape index (κ2) is 6.61. The third-order valence-corrected chi connectivity index (χ3v) is 5.42. The molecule has 3 atom stereocenters. The first kappa shape index (κ1) is 19.3. The van der Waals surface area contributed by atoms with Crippen LogP contribution in [0.1, 0.15) is 21.3 Å². The number of carbonyl (C=O) groups excluding carboxylic acids is 2. The molecule has 5 nitrogen and oxygen atoms in total. The van der Waals surface area contributed by atoms with E-state index in [4.69, 9.17) is 0 Å². The highest BCUT2D eigenvalue weighted by molar-refractivity contribution is 7.12. The number of Topliss-reactive ketones (excluding diaryl/α,β-unsaturated/α-hetero) is 1. The van der Waals surface area contributed by atoms with Crippen molar-refractivity contribution in [2.45, 2.75) is 17.9 Å². The van der Waals surface area contributed by atoms with Gasteiger partial charge in [-0.25, -0.2) is 9.18 Å². The SMILES string of the molecule is CN1C(=O)N[C@H](c2cccc(F)c2)[C@H](C(=O)c2cccs2)[C@@]1(O)C(F)(F)F. The minimum Gasteiger partial charge on any atom is -0.363 e. The number of thiophene rings is 1. The lowest BCUT2D eigenvalue weighted by Gasteiger charge is -2.49. The van der Waals surface area contributed by atoms with Crippen molar-refractivity contribution >= 4 is 23.2 Å². The van der Waals surface area contributed by atoms with Crippen molar-refractivity contribution in [2.24, 2.45) is 5.92 Å². The number of hydrogen-bond donors (Lipinski definition) is 2. The molecule has 1 aliphatic rings. The summed E-state index contributed by atoms with van der Waals surface area (Å²) in [4.78, 5) is 25.1. The number of alkyl halides is 3. The van der Waals surface area contributed by atoms with Gasteiger partial charge >= 0.3 is 12.2 Å². The fourth-order valence-corrected chi connectivity index (χ4v) is 3.86. The number of amides is 2. The lowest BCUT2D eigenvalue weighted by Crippen LogP contribution is -2.72. The predicted octanol–water partition coefficient (Wildman–Crippen LogP) is 3.33. The normalized spacial score (nSPS) is 26.0. The Balaban J connectivity index is 2.21. The van der Waals surface area contributed by atoms with E-state index in [9.17, 15) is 32.3 Å². The van der Waals surface area contributed by atoms with Gasteiger partial charge in [-0.05, 0) is 29.1 Å². The van der Waals surface area contributed by atoms with Gasteiger partial charge in [0.1, 0.15) is 11.7 Å². The molecule has 1 aromatic heterocycles. The smallest absolute Gasteiger partial charge is 0.363 e. The van der Waals surface area contributed by atoms with Gasteiger partial charge in [-0.2, -0.15) is 13.2 Å². The summed E-state index contributed by atoms with van der Waals surface area (Å²) in [5.74, 6) is -3.90. The number of urea groups is 1. The number of ketones is 1. The Labute approximate surface area is 155 Å². The van der Waals surface area contributed by atoms with Gasteiger partial charge in [-0.1, -0.05) is 18.2 Å². The maximum atomic E-state index is 13.9. The van der Waals surface area contributed by atoms with Gasteiger partial charge in [0.25, 0.3) is 5.72 Å². The van der Waals surface area contributed by atoms with E-state index in [2.05, 4.69) is 5.32 Å². The van der Waals surface area contributed by atoms with E-state index < -0.39 is 41.5 Å². The van der Waals surface area contributed by atoms with Crippen LogP contribution in [0.4, 0.5) is 22.4 Å². The highest BCUT2D eigenvalue weighted by Crippen LogP contribution is 2.47. The van der Waals surface area contributed by atoms with Crippen LogP contribution < -0.4 is 5.32 Å². The number of nitrogens with zero attached hydrogens (tertiary/aromatic N) is 1. The standard InChI is InChI=1S/C17H14F4N2O3S/c1-23-15(25)22-13(9-4-2-5-10(18)8-9)12(16(23,26)17(19,20)21)14(24)11-6-3-7-27-11/h2-8,12-13,26H,1H3,(H,22,25)/t12-,13-,16-/m1/s1. The minimum absolute atomic E-state index is 0.0198. The van der Waals surface area contributed by atoms with Crippen LogP contribution in [0.15, 0.2) is 41.8 Å². The van der Waals surface area contributed by atoms with Gasteiger partial charge < -0.3 is 10.4 Å². The fraction of sp³-hybridized carbons (Fsp3) is 0.294. The summed E-state index contributed by atoms with van der Waals surface area (Å²) in [6.07, 6.45) is -5.33. The number of halogens is 4. The van der Waals surface area contributed by atoms with Gasteiger partial charge in [0, 0.05) is 7.05 Å². The first-order chi connectivity index (χ1) is 12.6. The van der Waals surface area contributed by atoms with E-state index in [1.165, 1.54) is 29.6 Å². The Hall–Kier alpha value is -2.46. The summed E-state index contributed by atoms with van der Waals surface area (Å²) in [5.41, 5.74) is -3.83. The van der Waals surface area contributed by atoms with E-state index >= 15 is 0 Å². The van der Waals surface area contributed by atoms with Gasteiger partial charge in [0.2, 0.25) is 0 Å². The molecule has 3 rings (SSSR count).